The van der Waals surface area contributed by atoms with Crippen molar-refractivity contribution in [2.45, 2.75) is 44.7 Å². The van der Waals surface area contributed by atoms with Gasteiger partial charge in [-0.1, -0.05) is 121 Å². The van der Waals surface area contributed by atoms with Gasteiger partial charge in [0.25, 0.3) is 0 Å². The van der Waals surface area contributed by atoms with Gasteiger partial charge in [-0.05, 0) is 22.3 Å². The maximum atomic E-state index is 6.52. The summed E-state index contributed by atoms with van der Waals surface area (Å²) in [5, 5.41) is 0. The molecule has 0 spiro atoms. The van der Waals surface area contributed by atoms with E-state index in [-0.39, 0.29) is 6.10 Å². The number of ether oxygens (including phenoxy) is 5. The number of rotatable bonds is 13. The lowest BCUT2D eigenvalue weighted by Gasteiger charge is -2.37. The molecule has 3 atom stereocenters. The summed E-state index contributed by atoms with van der Waals surface area (Å²) in [6.45, 7) is 2.08. The zero-order valence-corrected chi connectivity index (χ0v) is 21.9. The van der Waals surface area contributed by atoms with Crippen LogP contribution in [0, 0.1) is 0 Å². The molecule has 0 saturated carbocycles. The highest BCUT2D eigenvalue weighted by Crippen LogP contribution is 2.29. The standard InChI is InChI=1S/C34H34O5/c1-5-13-27(14-6-1)21-35-25-31-33(38-23-29-17-9-3-10-18-29)34(39-24-30-19-11-4-12-20-30)32(26-37-31)36-22-28-15-7-2-8-16-28/h1-20,26,31,33-34H,21-25H2/t31-,33+,34-/m1/s1. The first-order valence-corrected chi connectivity index (χ1v) is 13.3. The quantitative estimate of drug-likeness (QED) is 0.193. The molecule has 0 N–H and O–H groups in total. The molecule has 0 bridgehead atoms. The van der Waals surface area contributed by atoms with E-state index in [1.165, 1.54) is 0 Å². The average molecular weight is 523 g/mol. The van der Waals surface area contributed by atoms with Gasteiger partial charge >= 0.3 is 0 Å². The monoisotopic (exact) mass is 522 g/mol. The SMILES string of the molecule is C1=C(OCc2ccccc2)[C@@H](OCc2ccccc2)[C@@H](OCc2ccccc2)[C@@H](COCc2ccccc2)O1. The summed E-state index contributed by atoms with van der Waals surface area (Å²) in [6.07, 6.45) is 0.372. The molecule has 200 valence electrons. The van der Waals surface area contributed by atoms with E-state index in [2.05, 4.69) is 0 Å². The first-order chi connectivity index (χ1) is 19.3. The van der Waals surface area contributed by atoms with E-state index < -0.39 is 12.2 Å². The van der Waals surface area contributed by atoms with Gasteiger partial charge < -0.3 is 23.7 Å². The van der Waals surface area contributed by atoms with E-state index in [1.54, 1.807) is 6.26 Å². The Morgan fingerprint density at radius 1 is 0.513 bits per heavy atom. The smallest absolute Gasteiger partial charge is 0.162 e. The summed E-state index contributed by atoms with van der Waals surface area (Å²) in [6, 6.07) is 40.4. The summed E-state index contributed by atoms with van der Waals surface area (Å²) < 4.78 is 31.6. The van der Waals surface area contributed by atoms with Gasteiger partial charge in [0.2, 0.25) is 0 Å². The van der Waals surface area contributed by atoms with E-state index in [9.17, 15) is 0 Å². The number of benzene rings is 4. The van der Waals surface area contributed by atoms with Crippen LogP contribution < -0.4 is 0 Å². The molecule has 0 radical (unpaired) electrons. The molecule has 0 amide bonds. The second-order valence-electron chi connectivity index (χ2n) is 9.45. The van der Waals surface area contributed by atoms with Gasteiger partial charge in [0.15, 0.2) is 11.9 Å². The third-order valence-corrected chi connectivity index (χ3v) is 6.50. The van der Waals surface area contributed by atoms with Crippen LogP contribution in [0.1, 0.15) is 22.3 Å². The summed E-state index contributed by atoms with van der Waals surface area (Å²) in [5.74, 6) is 0.604. The van der Waals surface area contributed by atoms with Gasteiger partial charge in [0, 0.05) is 0 Å². The third-order valence-electron chi connectivity index (χ3n) is 6.50. The highest BCUT2D eigenvalue weighted by molar-refractivity contribution is 5.18. The maximum absolute atomic E-state index is 6.52. The summed E-state index contributed by atoms with van der Waals surface area (Å²) >= 11 is 0. The molecular formula is C34H34O5. The number of hydrogen-bond acceptors (Lipinski definition) is 5. The van der Waals surface area contributed by atoms with E-state index in [4.69, 9.17) is 23.7 Å². The van der Waals surface area contributed by atoms with Crippen molar-refractivity contribution in [2.75, 3.05) is 6.61 Å². The molecule has 5 nitrogen and oxygen atoms in total. The highest BCUT2D eigenvalue weighted by atomic mass is 16.6. The van der Waals surface area contributed by atoms with Crippen LogP contribution in [0.25, 0.3) is 0 Å². The Morgan fingerprint density at radius 2 is 0.974 bits per heavy atom. The largest absolute Gasteiger partial charge is 0.489 e. The van der Waals surface area contributed by atoms with E-state index in [0.717, 1.165) is 22.3 Å². The lowest BCUT2D eigenvalue weighted by molar-refractivity contribution is -0.167. The minimum Gasteiger partial charge on any atom is -0.489 e. The fourth-order valence-electron chi connectivity index (χ4n) is 4.41. The molecule has 39 heavy (non-hydrogen) atoms. The molecule has 1 heterocycles. The topological polar surface area (TPSA) is 46.2 Å². The van der Waals surface area contributed by atoms with Crippen LogP contribution in [0.4, 0.5) is 0 Å². The van der Waals surface area contributed by atoms with Crippen molar-refractivity contribution in [3.8, 4) is 0 Å². The zero-order valence-electron chi connectivity index (χ0n) is 21.9. The Labute approximate surface area is 230 Å². The average Bonchev–Trinajstić information content (AvgIpc) is 3.00. The van der Waals surface area contributed by atoms with Crippen LogP contribution in [0.5, 0.6) is 0 Å². The van der Waals surface area contributed by atoms with Crippen molar-refractivity contribution >= 4 is 0 Å². The van der Waals surface area contributed by atoms with Crippen molar-refractivity contribution in [3.63, 3.8) is 0 Å². The van der Waals surface area contributed by atoms with E-state index in [0.29, 0.717) is 38.8 Å². The molecule has 1 aliphatic rings. The minimum atomic E-state index is -0.475. The van der Waals surface area contributed by atoms with Crippen LogP contribution in [0.2, 0.25) is 0 Å². The molecule has 1 aliphatic heterocycles. The first kappa shape index (κ1) is 26.7. The maximum Gasteiger partial charge on any atom is 0.162 e. The van der Waals surface area contributed by atoms with Gasteiger partial charge in [-0.2, -0.15) is 0 Å². The highest BCUT2D eigenvalue weighted by Gasteiger charge is 2.40. The third kappa shape index (κ3) is 8.04. The molecule has 0 aromatic heterocycles. The van der Waals surface area contributed by atoms with Crippen LogP contribution in [-0.2, 0) is 50.1 Å². The summed E-state index contributed by atoms with van der Waals surface area (Å²) in [5.41, 5.74) is 4.32. The molecule has 0 aliphatic carbocycles. The van der Waals surface area contributed by atoms with Crippen molar-refractivity contribution in [3.05, 3.63) is 156 Å². The van der Waals surface area contributed by atoms with Gasteiger partial charge in [-0.15, -0.1) is 0 Å². The first-order valence-electron chi connectivity index (χ1n) is 13.3. The fourth-order valence-corrected chi connectivity index (χ4v) is 4.41. The van der Waals surface area contributed by atoms with Crippen LogP contribution >= 0.6 is 0 Å². The van der Waals surface area contributed by atoms with Gasteiger partial charge in [-0.25, -0.2) is 0 Å². The Hall–Kier alpha value is -3.90. The Morgan fingerprint density at radius 3 is 1.51 bits per heavy atom. The molecule has 5 rings (SSSR count). The predicted molar refractivity (Wildman–Crippen MR) is 150 cm³/mol. The van der Waals surface area contributed by atoms with E-state index in [1.807, 2.05) is 121 Å². The minimum absolute atomic E-state index is 0.349. The number of hydrogen-bond donors (Lipinski definition) is 0. The Balaban J connectivity index is 1.34. The molecule has 4 aromatic rings. The molecule has 4 aromatic carbocycles. The summed E-state index contributed by atoms with van der Waals surface area (Å²) in [4.78, 5) is 0. The van der Waals surface area contributed by atoms with Crippen LogP contribution in [-0.4, -0.2) is 24.9 Å². The summed E-state index contributed by atoms with van der Waals surface area (Å²) in [7, 11) is 0. The second kappa shape index (κ2) is 14.3. The zero-order chi connectivity index (χ0) is 26.5. The van der Waals surface area contributed by atoms with Crippen molar-refractivity contribution in [1.29, 1.82) is 0 Å². The second-order valence-corrected chi connectivity index (χ2v) is 9.45. The molecule has 5 heteroatoms. The lowest BCUT2D eigenvalue weighted by atomic mass is 10.0. The van der Waals surface area contributed by atoms with Crippen LogP contribution in [0.3, 0.4) is 0 Å². The Bertz CT molecular complexity index is 1260. The molecule has 0 saturated heterocycles. The predicted octanol–water partition coefficient (Wildman–Crippen LogP) is 6.83. The normalized spacial score (nSPS) is 18.7. The fraction of sp³-hybridized carbons (Fsp3) is 0.235. The van der Waals surface area contributed by atoms with Gasteiger partial charge in [-0.3, -0.25) is 0 Å². The van der Waals surface area contributed by atoms with Crippen molar-refractivity contribution < 1.29 is 23.7 Å². The van der Waals surface area contributed by atoms with Crippen LogP contribution in [0.15, 0.2) is 133 Å². The van der Waals surface area contributed by atoms with Gasteiger partial charge in [0.1, 0.15) is 25.1 Å². The molecule has 0 fully saturated rings. The molecular weight excluding hydrogens is 488 g/mol. The lowest BCUT2D eigenvalue weighted by Crippen LogP contribution is -2.48. The Kier molecular flexibility index (Phi) is 9.79. The molecule has 0 unspecified atom stereocenters. The van der Waals surface area contributed by atoms with Crippen molar-refractivity contribution in [1.82, 2.24) is 0 Å². The van der Waals surface area contributed by atoms with Crippen molar-refractivity contribution in [2.24, 2.45) is 0 Å². The van der Waals surface area contributed by atoms with E-state index >= 15 is 0 Å². The van der Waals surface area contributed by atoms with Gasteiger partial charge in [0.05, 0.1) is 26.4 Å².